The Morgan fingerprint density at radius 2 is 2.25 bits per heavy atom. The molecule has 0 aromatic heterocycles. The Balaban J connectivity index is 2.45. The summed E-state index contributed by atoms with van der Waals surface area (Å²) >= 11 is 0. The van der Waals surface area contributed by atoms with Crippen LogP contribution in [0.2, 0.25) is 0 Å². The molecule has 12 heavy (non-hydrogen) atoms. The second kappa shape index (κ2) is 3.90. The molecule has 0 amide bonds. The number of aliphatic carboxylic acids is 1. The summed E-state index contributed by atoms with van der Waals surface area (Å²) in [5.74, 6) is -0.00509. The number of rotatable bonds is 2. The van der Waals surface area contributed by atoms with E-state index in [-0.39, 0.29) is 5.92 Å². The topological polar surface area (TPSA) is 63.3 Å². The van der Waals surface area contributed by atoms with Crippen LogP contribution in [0.1, 0.15) is 32.6 Å². The number of hydrogen-bond acceptors (Lipinski definition) is 2. The number of nitrogens with two attached hydrogens (primary N) is 1. The summed E-state index contributed by atoms with van der Waals surface area (Å²) in [7, 11) is 0. The van der Waals surface area contributed by atoms with Crippen molar-refractivity contribution >= 4 is 5.97 Å². The van der Waals surface area contributed by atoms with Gasteiger partial charge in [-0.2, -0.15) is 0 Å². The van der Waals surface area contributed by atoms with E-state index in [1.807, 2.05) is 0 Å². The zero-order valence-corrected chi connectivity index (χ0v) is 7.49. The highest BCUT2D eigenvalue weighted by molar-refractivity contribution is 5.73. The molecule has 3 atom stereocenters. The van der Waals surface area contributed by atoms with Crippen molar-refractivity contribution in [3.63, 3.8) is 0 Å². The normalized spacial score (nSPS) is 32.8. The van der Waals surface area contributed by atoms with Crippen molar-refractivity contribution in [1.29, 1.82) is 0 Å². The van der Waals surface area contributed by atoms with Crippen LogP contribution >= 0.6 is 0 Å². The van der Waals surface area contributed by atoms with Gasteiger partial charge in [0, 0.05) is 0 Å². The largest absolute Gasteiger partial charge is 0.480 e. The van der Waals surface area contributed by atoms with E-state index >= 15 is 0 Å². The average Bonchev–Trinajstić information content (AvgIpc) is 2.03. The van der Waals surface area contributed by atoms with Crippen molar-refractivity contribution < 1.29 is 9.90 Å². The van der Waals surface area contributed by atoms with Gasteiger partial charge in [0.2, 0.25) is 0 Å². The predicted molar refractivity (Wildman–Crippen MR) is 46.7 cm³/mol. The van der Waals surface area contributed by atoms with Crippen molar-refractivity contribution in [2.75, 3.05) is 0 Å². The number of hydrogen-bond donors (Lipinski definition) is 2. The lowest BCUT2D eigenvalue weighted by molar-refractivity contribution is -0.140. The molecule has 1 aliphatic rings. The molecule has 1 saturated carbocycles. The monoisotopic (exact) mass is 171 g/mol. The maximum absolute atomic E-state index is 10.6. The molecular weight excluding hydrogens is 154 g/mol. The van der Waals surface area contributed by atoms with Crippen LogP contribution in [-0.2, 0) is 4.79 Å². The van der Waals surface area contributed by atoms with Gasteiger partial charge >= 0.3 is 5.97 Å². The highest BCUT2D eigenvalue weighted by Gasteiger charge is 2.28. The minimum absolute atomic E-state index is 0.200. The molecule has 3 heteroatoms. The Hall–Kier alpha value is -0.570. The first-order valence-corrected chi connectivity index (χ1v) is 4.59. The third-order valence-corrected chi connectivity index (χ3v) is 2.77. The fraction of sp³-hybridized carbons (Fsp3) is 0.889. The van der Waals surface area contributed by atoms with Gasteiger partial charge in [0.05, 0.1) is 0 Å². The molecule has 0 aromatic rings. The van der Waals surface area contributed by atoms with E-state index < -0.39 is 12.0 Å². The molecule has 0 unspecified atom stereocenters. The van der Waals surface area contributed by atoms with Gasteiger partial charge in [0.15, 0.2) is 0 Å². The van der Waals surface area contributed by atoms with Crippen molar-refractivity contribution in [2.24, 2.45) is 17.6 Å². The zero-order chi connectivity index (χ0) is 9.14. The van der Waals surface area contributed by atoms with E-state index in [0.717, 1.165) is 19.3 Å². The molecule has 3 nitrogen and oxygen atoms in total. The third kappa shape index (κ3) is 2.21. The van der Waals surface area contributed by atoms with Gasteiger partial charge in [-0.15, -0.1) is 0 Å². The molecule has 0 bridgehead atoms. The average molecular weight is 171 g/mol. The first-order chi connectivity index (χ1) is 5.61. The molecule has 0 aromatic carbocycles. The lowest BCUT2D eigenvalue weighted by atomic mass is 9.79. The lowest BCUT2D eigenvalue weighted by Gasteiger charge is -2.28. The van der Waals surface area contributed by atoms with E-state index in [1.165, 1.54) is 6.42 Å². The Morgan fingerprint density at radius 3 is 2.75 bits per heavy atom. The Kier molecular flexibility index (Phi) is 3.09. The molecule has 3 N–H and O–H groups in total. The second-order valence-electron chi connectivity index (χ2n) is 3.90. The summed E-state index contributed by atoms with van der Waals surface area (Å²) < 4.78 is 0. The van der Waals surface area contributed by atoms with E-state index in [2.05, 4.69) is 6.92 Å². The zero-order valence-electron chi connectivity index (χ0n) is 7.49. The van der Waals surface area contributed by atoms with E-state index in [0.29, 0.717) is 5.92 Å². The predicted octanol–water partition coefficient (Wildman–Crippen LogP) is 1.22. The summed E-state index contributed by atoms with van der Waals surface area (Å²) in [6.45, 7) is 2.17. The molecule has 0 spiro atoms. The molecule has 0 aliphatic heterocycles. The highest BCUT2D eigenvalue weighted by atomic mass is 16.4. The Morgan fingerprint density at radius 1 is 1.58 bits per heavy atom. The molecule has 1 aliphatic carbocycles. The maximum atomic E-state index is 10.6. The van der Waals surface area contributed by atoms with Gasteiger partial charge in [-0.3, -0.25) is 4.79 Å². The first-order valence-electron chi connectivity index (χ1n) is 4.59. The van der Waals surface area contributed by atoms with Crippen LogP contribution in [0.3, 0.4) is 0 Å². The number of carbonyl (C=O) groups is 1. The standard InChI is InChI=1S/C9H17NO2/c1-6-3-2-4-7(5-6)8(10)9(11)12/h6-8H,2-5,10H2,1H3,(H,11,12)/t6-,7+,8-/m0/s1. The minimum atomic E-state index is -0.853. The first kappa shape index (κ1) is 9.52. The summed E-state index contributed by atoms with van der Waals surface area (Å²) in [6, 6.07) is -0.646. The summed E-state index contributed by atoms with van der Waals surface area (Å²) in [5.41, 5.74) is 5.55. The van der Waals surface area contributed by atoms with E-state index in [9.17, 15) is 4.79 Å². The van der Waals surface area contributed by atoms with Crippen LogP contribution in [0, 0.1) is 11.8 Å². The van der Waals surface area contributed by atoms with Gasteiger partial charge in [-0.25, -0.2) is 0 Å². The van der Waals surface area contributed by atoms with Crippen LogP contribution < -0.4 is 5.73 Å². The summed E-state index contributed by atoms with van der Waals surface area (Å²) in [4.78, 5) is 10.6. The quantitative estimate of drug-likeness (QED) is 0.656. The molecule has 0 radical (unpaired) electrons. The fourth-order valence-electron chi connectivity index (χ4n) is 2.01. The van der Waals surface area contributed by atoms with Crippen molar-refractivity contribution in [2.45, 2.75) is 38.6 Å². The second-order valence-corrected chi connectivity index (χ2v) is 3.90. The van der Waals surface area contributed by atoms with Crippen LogP contribution in [0.5, 0.6) is 0 Å². The lowest BCUT2D eigenvalue weighted by Crippen LogP contribution is -2.40. The highest BCUT2D eigenvalue weighted by Crippen LogP contribution is 2.30. The van der Waals surface area contributed by atoms with Crippen LogP contribution in [-0.4, -0.2) is 17.1 Å². The van der Waals surface area contributed by atoms with Crippen molar-refractivity contribution in [1.82, 2.24) is 0 Å². The molecule has 0 saturated heterocycles. The van der Waals surface area contributed by atoms with Crippen LogP contribution in [0.4, 0.5) is 0 Å². The third-order valence-electron chi connectivity index (χ3n) is 2.77. The van der Waals surface area contributed by atoms with Crippen LogP contribution in [0.25, 0.3) is 0 Å². The summed E-state index contributed by atoms with van der Waals surface area (Å²) in [5, 5.41) is 8.70. The van der Waals surface area contributed by atoms with Crippen molar-refractivity contribution in [3.8, 4) is 0 Å². The fourth-order valence-corrected chi connectivity index (χ4v) is 2.01. The molecule has 1 fully saturated rings. The molecule has 0 heterocycles. The van der Waals surface area contributed by atoms with Gasteiger partial charge in [-0.05, 0) is 24.7 Å². The van der Waals surface area contributed by atoms with Gasteiger partial charge in [-0.1, -0.05) is 19.8 Å². The number of carboxylic acids is 1. The van der Waals surface area contributed by atoms with Crippen molar-refractivity contribution in [3.05, 3.63) is 0 Å². The Bertz CT molecular complexity index is 170. The minimum Gasteiger partial charge on any atom is -0.480 e. The van der Waals surface area contributed by atoms with Crippen LogP contribution in [0.15, 0.2) is 0 Å². The van der Waals surface area contributed by atoms with E-state index in [4.69, 9.17) is 10.8 Å². The number of carboxylic acid groups (broad SMARTS) is 1. The molecule has 1 rings (SSSR count). The smallest absolute Gasteiger partial charge is 0.320 e. The van der Waals surface area contributed by atoms with Gasteiger partial charge < -0.3 is 10.8 Å². The van der Waals surface area contributed by atoms with Gasteiger partial charge in [0.1, 0.15) is 6.04 Å². The SMILES string of the molecule is C[C@H]1CCC[C@@H]([C@H](N)C(=O)O)C1. The molecule has 70 valence electrons. The molecular formula is C9H17NO2. The summed E-state index contributed by atoms with van der Waals surface area (Å²) in [6.07, 6.45) is 4.32. The van der Waals surface area contributed by atoms with Gasteiger partial charge in [0.25, 0.3) is 0 Å². The van der Waals surface area contributed by atoms with E-state index in [1.54, 1.807) is 0 Å². The Labute approximate surface area is 72.9 Å². The maximum Gasteiger partial charge on any atom is 0.320 e.